The highest BCUT2D eigenvalue weighted by atomic mass is 35.5. The third-order valence-electron chi connectivity index (χ3n) is 5.12. The van der Waals surface area contributed by atoms with Crippen LogP contribution < -0.4 is 16.2 Å². The zero-order chi connectivity index (χ0) is 23.5. The number of nitrogens with zero attached hydrogens (tertiary/aromatic N) is 3. The van der Waals surface area contributed by atoms with Gasteiger partial charge in [0.25, 0.3) is 5.56 Å². The molecule has 0 spiro atoms. The van der Waals surface area contributed by atoms with Gasteiger partial charge in [-0.1, -0.05) is 11.6 Å². The number of nitrogens with one attached hydrogen (secondary N) is 2. The van der Waals surface area contributed by atoms with E-state index in [-0.39, 0.29) is 24.4 Å². The minimum Gasteiger partial charge on any atom is -0.388 e. The number of rotatable bonds is 8. The van der Waals surface area contributed by atoms with Crippen LogP contribution in [0.2, 0.25) is 5.02 Å². The van der Waals surface area contributed by atoms with E-state index in [1.165, 1.54) is 6.07 Å². The third-order valence-corrected chi connectivity index (χ3v) is 5.35. The van der Waals surface area contributed by atoms with Crippen molar-refractivity contribution in [3.05, 3.63) is 45.5 Å². The van der Waals surface area contributed by atoms with Gasteiger partial charge < -0.3 is 10.6 Å². The van der Waals surface area contributed by atoms with Gasteiger partial charge in [-0.25, -0.2) is 4.98 Å². The first-order valence-corrected chi connectivity index (χ1v) is 10.3. The minimum absolute atomic E-state index is 0.0608. The van der Waals surface area contributed by atoms with Crippen molar-refractivity contribution in [1.29, 1.82) is 5.26 Å². The lowest BCUT2D eigenvalue weighted by Crippen LogP contribution is -2.40. The van der Waals surface area contributed by atoms with Gasteiger partial charge in [0.15, 0.2) is 0 Å². The Bertz CT molecular complexity index is 1120. The highest BCUT2D eigenvalue weighted by Crippen LogP contribution is 2.34. The number of alkyl halides is 3. The van der Waals surface area contributed by atoms with Crippen molar-refractivity contribution in [3.8, 4) is 17.3 Å². The Morgan fingerprint density at radius 1 is 1.34 bits per heavy atom. The molecule has 1 fully saturated rings. The van der Waals surface area contributed by atoms with Gasteiger partial charge in [-0.2, -0.15) is 18.4 Å². The number of halogens is 4. The van der Waals surface area contributed by atoms with Crippen molar-refractivity contribution in [2.75, 3.05) is 12.4 Å². The summed E-state index contributed by atoms with van der Waals surface area (Å²) in [5, 5.41) is 15.1. The van der Waals surface area contributed by atoms with Crippen LogP contribution in [-0.4, -0.2) is 34.2 Å². The number of nitriles is 1. The first kappa shape index (κ1) is 23.6. The molecular formula is C21H21ClF3N5O2. The Balaban J connectivity index is 1.95. The van der Waals surface area contributed by atoms with Crippen molar-refractivity contribution in [3.63, 3.8) is 0 Å². The largest absolute Gasteiger partial charge is 0.389 e. The van der Waals surface area contributed by atoms with Crippen molar-refractivity contribution >= 4 is 23.2 Å². The molecule has 170 valence electrons. The highest BCUT2D eigenvalue weighted by molar-refractivity contribution is 6.31. The number of carbonyl (C=O) groups excluding carboxylic acids is 1. The fraction of sp³-hybridized carbons (Fsp3) is 0.429. The maximum absolute atomic E-state index is 12.9. The molecule has 0 bridgehead atoms. The zero-order valence-corrected chi connectivity index (χ0v) is 18.0. The summed E-state index contributed by atoms with van der Waals surface area (Å²) in [6.45, 7) is -0.434. The summed E-state index contributed by atoms with van der Waals surface area (Å²) in [4.78, 5) is 29.7. The quantitative estimate of drug-likeness (QED) is 0.617. The van der Waals surface area contributed by atoms with Crippen LogP contribution in [0.1, 0.15) is 31.5 Å². The van der Waals surface area contributed by atoms with Crippen LogP contribution in [0, 0.1) is 11.3 Å². The number of anilines is 1. The Hall–Kier alpha value is -3.06. The summed E-state index contributed by atoms with van der Waals surface area (Å²) >= 11 is 6.01. The molecule has 1 aliphatic carbocycles. The Morgan fingerprint density at radius 2 is 2.06 bits per heavy atom. The monoisotopic (exact) mass is 467 g/mol. The molecule has 0 saturated heterocycles. The number of benzene rings is 1. The van der Waals surface area contributed by atoms with Gasteiger partial charge in [0.05, 0.1) is 11.8 Å². The summed E-state index contributed by atoms with van der Waals surface area (Å²) in [6, 6.07) is 8.14. The summed E-state index contributed by atoms with van der Waals surface area (Å²) in [5.74, 6) is -0.508. The molecule has 1 saturated carbocycles. The molecule has 0 unspecified atom stereocenters. The van der Waals surface area contributed by atoms with Gasteiger partial charge >= 0.3 is 6.18 Å². The standard InChI is InChI=1S/C21H21ClF3N5O2/c1-27-15-9-13(22)4-5-14(15)16-10-19(32)30(11-18(31)29-20(12-26)7-8-20)17(28-16)3-2-6-21(23,24)25/h4-5,9-10,27H,2-3,6-8,11H2,1H3,(H,29,31). The molecule has 7 nitrogen and oxygen atoms in total. The Kier molecular flexibility index (Phi) is 6.79. The average Bonchev–Trinajstić information content (AvgIpc) is 3.49. The molecule has 2 aromatic rings. The van der Waals surface area contributed by atoms with Gasteiger partial charge in [0.2, 0.25) is 5.91 Å². The minimum atomic E-state index is -4.35. The van der Waals surface area contributed by atoms with Crippen LogP contribution in [0.15, 0.2) is 29.1 Å². The molecule has 1 heterocycles. The molecule has 1 amide bonds. The number of hydrogen-bond acceptors (Lipinski definition) is 5. The lowest BCUT2D eigenvalue weighted by atomic mass is 10.1. The molecule has 1 aliphatic rings. The third kappa shape index (κ3) is 5.79. The van der Waals surface area contributed by atoms with Crippen LogP contribution in [-0.2, 0) is 17.8 Å². The van der Waals surface area contributed by atoms with E-state index in [0.29, 0.717) is 29.1 Å². The zero-order valence-electron chi connectivity index (χ0n) is 17.2. The van der Waals surface area contributed by atoms with Gasteiger partial charge in [-0.05, 0) is 37.5 Å². The van der Waals surface area contributed by atoms with E-state index >= 15 is 0 Å². The van der Waals surface area contributed by atoms with Crippen molar-refractivity contribution < 1.29 is 18.0 Å². The molecule has 3 rings (SSSR count). The second-order valence-electron chi connectivity index (χ2n) is 7.63. The summed E-state index contributed by atoms with van der Waals surface area (Å²) in [5.41, 5.74) is -0.110. The van der Waals surface area contributed by atoms with E-state index in [0.717, 1.165) is 4.57 Å². The predicted octanol–water partition coefficient (Wildman–Crippen LogP) is 3.66. The lowest BCUT2D eigenvalue weighted by Gasteiger charge is -2.16. The van der Waals surface area contributed by atoms with E-state index in [1.807, 2.05) is 6.07 Å². The van der Waals surface area contributed by atoms with Gasteiger partial charge in [-0.15, -0.1) is 0 Å². The lowest BCUT2D eigenvalue weighted by molar-refractivity contribution is -0.135. The highest BCUT2D eigenvalue weighted by Gasteiger charge is 2.44. The van der Waals surface area contributed by atoms with Gasteiger partial charge in [0.1, 0.15) is 17.9 Å². The molecule has 32 heavy (non-hydrogen) atoms. The molecule has 0 atom stereocenters. The van der Waals surface area contributed by atoms with Crippen LogP contribution in [0.4, 0.5) is 18.9 Å². The number of carbonyl (C=O) groups is 1. The van der Waals surface area contributed by atoms with Crippen LogP contribution in [0.3, 0.4) is 0 Å². The van der Waals surface area contributed by atoms with Gasteiger partial charge in [-0.3, -0.25) is 14.2 Å². The predicted molar refractivity (Wildman–Crippen MR) is 113 cm³/mol. The topological polar surface area (TPSA) is 99.8 Å². The van der Waals surface area contributed by atoms with Crippen molar-refractivity contribution in [1.82, 2.24) is 14.9 Å². The Morgan fingerprint density at radius 3 is 2.66 bits per heavy atom. The van der Waals surface area contributed by atoms with Crippen LogP contribution in [0.5, 0.6) is 0 Å². The van der Waals surface area contributed by atoms with E-state index in [4.69, 9.17) is 16.9 Å². The fourth-order valence-corrected chi connectivity index (χ4v) is 3.46. The normalized spacial score (nSPS) is 14.5. The molecular weight excluding hydrogens is 447 g/mol. The molecule has 2 N–H and O–H groups in total. The maximum Gasteiger partial charge on any atom is 0.389 e. The number of aryl methyl sites for hydroxylation is 1. The first-order valence-electron chi connectivity index (χ1n) is 9.93. The second-order valence-corrected chi connectivity index (χ2v) is 8.07. The molecule has 1 aromatic heterocycles. The van der Waals surface area contributed by atoms with E-state index in [2.05, 4.69) is 15.6 Å². The number of amides is 1. The molecule has 11 heteroatoms. The van der Waals surface area contributed by atoms with E-state index < -0.39 is 36.1 Å². The summed E-state index contributed by atoms with van der Waals surface area (Å²) < 4.78 is 39.0. The number of aromatic nitrogens is 2. The number of hydrogen-bond donors (Lipinski definition) is 2. The van der Waals surface area contributed by atoms with Crippen LogP contribution >= 0.6 is 11.6 Å². The molecule has 0 aliphatic heterocycles. The SMILES string of the molecule is CNc1cc(Cl)ccc1-c1cc(=O)n(CC(=O)NC2(C#N)CC2)c(CCCC(F)(F)F)n1. The van der Waals surface area contributed by atoms with Crippen molar-refractivity contribution in [2.24, 2.45) is 0 Å². The van der Waals surface area contributed by atoms with E-state index in [1.54, 1.807) is 25.2 Å². The molecule has 1 aromatic carbocycles. The average molecular weight is 468 g/mol. The summed E-state index contributed by atoms with van der Waals surface area (Å²) in [7, 11) is 1.66. The van der Waals surface area contributed by atoms with Crippen molar-refractivity contribution in [2.45, 2.75) is 50.4 Å². The van der Waals surface area contributed by atoms with Gasteiger partial charge in [0, 0.05) is 42.2 Å². The van der Waals surface area contributed by atoms with Crippen LogP contribution in [0.25, 0.3) is 11.3 Å². The summed E-state index contributed by atoms with van der Waals surface area (Å²) in [6.07, 6.45) is -4.79. The molecule has 0 radical (unpaired) electrons. The fourth-order valence-electron chi connectivity index (χ4n) is 3.29. The smallest absolute Gasteiger partial charge is 0.388 e. The second kappa shape index (κ2) is 9.20. The van der Waals surface area contributed by atoms with E-state index in [9.17, 15) is 22.8 Å². The maximum atomic E-state index is 12.9. The Labute approximate surface area is 187 Å². The first-order chi connectivity index (χ1) is 15.1.